The summed E-state index contributed by atoms with van der Waals surface area (Å²) in [5.41, 5.74) is 2.11. The van der Waals surface area contributed by atoms with Crippen LogP contribution in [0.15, 0.2) is 48.8 Å². The molecule has 0 fully saturated rings. The molecule has 3 heteroatoms. The second kappa shape index (κ2) is 3.95. The summed E-state index contributed by atoms with van der Waals surface area (Å²) in [5.74, 6) is 0. The van der Waals surface area contributed by atoms with Crippen LogP contribution < -0.4 is 22.0 Å². The van der Waals surface area contributed by atoms with E-state index in [2.05, 4.69) is 22.1 Å². The second-order valence-electron chi connectivity index (χ2n) is 3.28. The molecule has 2 nitrogen and oxygen atoms in total. The lowest BCUT2D eigenvalue weighted by atomic mass is 10.1. The van der Waals surface area contributed by atoms with Gasteiger partial charge in [-0.15, -0.1) is 0 Å². The molecule has 3 aromatic rings. The van der Waals surface area contributed by atoms with Crippen molar-refractivity contribution in [3.63, 3.8) is 0 Å². The molecule has 74 valence electrons. The van der Waals surface area contributed by atoms with Crippen molar-refractivity contribution in [3.8, 4) is 0 Å². The fourth-order valence-corrected chi connectivity index (χ4v) is 1.73. The summed E-state index contributed by atoms with van der Waals surface area (Å²) in [7, 11) is 0. The quantitative estimate of drug-likeness (QED) is 0.487. The molecule has 0 spiro atoms. The Labute approximate surface area is 97.7 Å². The van der Waals surface area contributed by atoms with Crippen molar-refractivity contribution < 1.29 is 22.0 Å². The van der Waals surface area contributed by atoms with Gasteiger partial charge in [0.05, 0.1) is 5.39 Å². The summed E-state index contributed by atoms with van der Waals surface area (Å²) in [6.07, 6.45) is 3.84. The average Bonchev–Trinajstić information content (AvgIpc) is 2.29. The van der Waals surface area contributed by atoms with E-state index in [4.69, 9.17) is 0 Å². The van der Waals surface area contributed by atoms with E-state index < -0.39 is 0 Å². The molecule has 1 N–H and O–H groups in total. The van der Waals surface area contributed by atoms with Gasteiger partial charge < -0.3 is 17.0 Å². The van der Waals surface area contributed by atoms with Crippen molar-refractivity contribution in [2.75, 3.05) is 0 Å². The Morgan fingerprint density at radius 2 is 1.87 bits per heavy atom. The first-order chi connectivity index (χ1) is 6.95. The van der Waals surface area contributed by atoms with Crippen LogP contribution in [0.25, 0.3) is 21.8 Å². The van der Waals surface area contributed by atoms with Crippen molar-refractivity contribution in [2.45, 2.75) is 0 Å². The number of benzene rings is 1. The molecule has 0 aliphatic heterocycles. The van der Waals surface area contributed by atoms with Gasteiger partial charge in [-0.25, -0.2) is 9.97 Å². The van der Waals surface area contributed by atoms with Crippen molar-refractivity contribution in [1.29, 1.82) is 0 Å². The molecule has 15 heavy (non-hydrogen) atoms. The molecular weight excluding hydrogens is 252 g/mol. The predicted molar refractivity (Wildman–Crippen MR) is 55.8 cm³/mol. The third-order valence-electron chi connectivity index (χ3n) is 2.41. The number of nitrogens with zero attached hydrogens (tertiary/aromatic N) is 1. The maximum atomic E-state index is 4.38. The largest absolute Gasteiger partial charge is 1.00 e. The zero-order valence-corrected chi connectivity index (χ0v) is 9.53. The molecule has 0 saturated carbocycles. The monoisotopic (exact) mass is 260 g/mol. The van der Waals surface area contributed by atoms with Crippen LogP contribution in [0.5, 0.6) is 0 Å². The van der Waals surface area contributed by atoms with Gasteiger partial charge >= 0.3 is 0 Å². The van der Waals surface area contributed by atoms with Gasteiger partial charge in [-0.1, -0.05) is 18.2 Å². The zero-order valence-electron chi connectivity index (χ0n) is 7.94. The van der Waals surface area contributed by atoms with E-state index >= 15 is 0 Å². The lowest BCUT2D eigenvalue weighted by Crippen LogP contribution is -3.00. The lowest BCUT2D eigenvalue weighted by molar-refractivity contribution is -0.343. The number of hydrogen-bond donors (Lipinski definition) is 0. The number of pyridine rings is 2. The molecule has 0 unspecified atom stereocenters. The first-order valence-electron chi connectivity index (χ1n) is 4.59. The standard InChI is InChI=1S/C12H8N2.BrH/c1-2-5-10-9(4-1)8-14-11-6-3-7-13-12(10)11;/h1-8H;1H. The van der Waals surface area contributed by atoms with E-state index in [-0.39, 0.29) is 17.0 Å². The van der Waals surface area contributed by atoms with Gasteiger partial charge in [0.15, 0.2) is 6.20 Å². The Balaban J connectivity index is 0.000000853. The molecule has 3 rings (SSSR count). The fraction of sp³-hybridized carbons (Fsp3) is 0. The van der Waals surface area contributed by atoms with Gasteiger partial charge in [-0.05, 0) is 12.1 Å². The molecule has 1 aromatic carbocycles. The highest BCUT2D eigenvalue weighted by Gasteiger charge is 2.05. The van der Waals surface area contributed by atoms with Crippen LogP contribution in [0, 0.1) is 0 Å². The van der Waals surface area contributed by atoms with E-state index in [0.29, 0.717) is 0 Å². The fourth-order valence-electron chi connectivity index (χ4n) is 1.73. The number of H-pyrrole nitrogens is 1. The number of aromatic nitrogens is 2. The number of hydrogen-bond acceptors (Lipinski definition) is 1. The molecule has 0 atom stereocenters. The average molecular weight is 261 g/mol. The molecule has 0 aliphatic rings. The van der Waals surface area contributed by atoms with Crippen LogP contribution in [0.2, 0.25) is 0 Å². The van der Waals surface area contributed by atoms with Gasteiger partial charge in [-0.3, -0.25) is 0 Å². The summed E-state index contributed by atoms with van der Waals surface area (Å²) in [6.45, 7) is 0. The minimum Gasteiger partial charge on any atom is -1.00 e. The number of aromatic amines is 1. The third-order valence-corrected chi connectivity index (χ3v) is 2.41. The van der Waals surface area contributed by atoms with Crippen LogP contribution in [0.3, 0.4) is 0 Å². The van der Waals surface area contributed by atoms with Gasteiger partial charge in [0.2, 0.25) is 5.52 Å². The Kier molecular flexibility index (Phi) is 2.64. The molecule has 2 heterocycles. The molecule has 0 amide bonds. The molecule has 0 radical (unpaired) electrons. The summed E-state index contributed by atoms with van der Waals surface area (Å²) in [5, 5.41) is 2.39. The van der Waals surface area contributed by atoms with Crippen LogP contribution in [-0.2, 0) is 0 Å². The summed E-state index contributed by atoms with van der Waals surface area (Å²) in [4.78, 5) is 7.61. The van der Waals surface area contributed by atoms with Crippen LogP contribution in [0.1, 0.15) is 0 Å². The lowest BCUT2D eigenvalue weighted by Gasteiger charge is -1.96. The van der Waals surface area contributed by atoms with Crippen LogP contribution in [0.4, 0.5) is 0 Å². The van der Waals surface area contributed by atoms with E-state index in [9.17, 15) is 0 Å². The Hall–Kier alpha value is -1.48. The maximum Gasteiger partial charge on any atom is 0.237 e. The van der Waals surface area contributed by atoms with Crippen LogP contribution >= 0.6 is 0 Å². The highest BCUT2D eigenvalue weighted by molar-refractivity contribution is 6.00. The first-order valence-corrected chi connectivity index (χ1v) is 4.59. The smallest absolute Gasteiger partial charge is 0.237 e. The Morgan fingerprint density at radius 3 is 2.80 bits per heavy atom. The van der Waals surface area contributed by atoms with Crippen molar-refractivity contribution in [2.24, 2.45) is 0 Å². The molecule has 0 aliphatic carbocycles. The van der Waals surface area contributed by atoms with Gasteiger partial charge in [0.1, 0.15) is 5.52 Å². The number of halogens is 1. The molecule has 2 aromatic heterocycles. The number of fused-ring (bicyclic) bond motifs is 3. The molecule has 0 saturated heterocycles. The maximum absolute atomic E-state index is 4.38. The van der Waals surface area contributed by atoms with Crippen molar-refractivity contribution in [1.82, 2.24) is 4.98 Å². The van der Waals surface area contributed by atoms with E-state index in [1.54, 1.807) is 0 Å². The summed E-state index contributed by atoms with van der Waals surface area (Å²) in [6, 6.07) is 12.2. The molecular formula is C12H9BrN2. The van der Waals surface area contributed by atoms with Gasteiger partial charge in [0, 0.05) is 17.6 Å². The Morgan fingerprint density at radius 1 is 1.00 bits per heavy atom. The predicted octanol–water partition coefficient (Wildman–Crippen LogP) is -0.794. The topological polar surface area (TPSA) is 27.0 Å². The first kappa shape index (κ1) is 10.1. The normalized spacial score (nSPS) is 10.1. The van der Waals surface area contributed by atoms with Crippen molar-refractivity contribution in [3.05, 3.63) is 48.8 Å². The highest BCUT2D eigenvalue weighted by Crippen LogP contribution is 2.18. The zero-order chi connectivity index (χ0) is 9.38. The second-order valence-corrected chi connectivity index (χ2v) is 3.28. The minimum atomic E-state index is 0. The van der Waals surface area contributed by atoms with Gasteiger partial charge in [-0.2, -0.15) is 0 Å². The number of rotatable bonds is 0. The highest BCUT2D eigenvalue weighted by atomic mass is 79.9. The molecule has 0 bridgehead atoms. The SMILES string of the molecule is [Br-].c1ccc2c(c1)cnc1ccc[nH+]c12. The summed E-state index contributed by atoms with van der Waals surface area (Å²) < 4.78 is 0. The van der Waals surface area contributed by atoms with Crippen LogP contribution in [-0.4, -0.2) is 4.98 Å². The Bertz CT molecular complexity index is 553. The van der Waals surface area contributed by atoms with E-state index in [0.717, 1.165) is 11.0 Å². The number of nitrogens with one attached hydrogen (secondary N) is 1. The van der Waals surface area contributed by atoms with E-state index in [1.807, 2.05) is 36.7 Å². The minimum absolute atomic E-state index is 0. The third kappa shape index (κ3) is 1.59. The van der Waals surface area contributed by atoms with Gasteiger partial charge in [0.25, 0.3) is 0 Å². The summed E-state index contributed by atoms with van der Waals surface area (Å²) >= 11 is 0. The van der Waals surface area contributed by atoms with Crippen molar-refractivity contribution >= 4 is 21.8 Å². The van der Waals surface area contributed by atoms with E-state index in [1.165, 1.54) is 10.8 Å².